The maximum atomic E-state index is 13.2. The maximum Gasteiger partial charge on any atom is 0.573 e. The lowest BCUT2D eigenvalue weighted by Crippen LogP contribution is -2.44. The van der Waals surface area contributed by atoms with Gasteiger partial charge in [0.05, 0.1) is 23.4 Å². The third kappa shape index (κ3) is 6.21. The predicted molar refractivity (Wildman–Crippen MR) is 115 cm³/mol. The number of carbonyl (C=O) groups is 1. The molecule has 1 amide bonds. The average Bonchev–Trinajstić information content (AvgIpc) is 3.37. The van der Waals surface area contributed by atoms with Crippen LogP contribution in [0.3, 0.4) is 0 Å². The fourth-order valence-electron chi connectivity index (χ4n) is 3.96. The highest BCUT2D eigenvalue weighted by Crippen LogP contribution is 2.35. The SMILES string of the molecule is Cl.O=C(C1CCCC1)N(CCN1CCOCC1)c1nc2ccc(OC(F)(F)F)cc2s1. The molecule has 0 radical (unpaired) electrons. The van der Waals surface area contributed by atoms with Gasteiger partial charge in [0.25, 0.3) is 0 Å². The molecule has 4 rings (SSSR count). The zero-order valence-electron chi connectivity index (χ0n) is 16.9. The van der Waals surface area contributed by atoms with Gasteiger partial charge >= 0.3 is 6.36 Å². The number of hydrogen-bond acceptors (Lipinski definition) is 6. The Hall–Kier alpha value is -1.62. The van der Waals surface area contributed by atoms with Gasteiger partial charge < -0.3 is 9.47 Å². The lowest BCUT2D eigenvalue weighted by molar-refractivity contribution is -0.274. The molecule has 0 N–H and O–H groups in total. The highest BCUT2D eigenvalue weighted by molar-refractivity contribution is 7.22. The van der Waals surface area contributed by atoms with Gasteiger partial charge in [-0.15, -0.1) is 25.6 Å². The summed E-state index contributed by atoms with van der Waals surface area (Å²) in [6.45, 7) is 4.22. The molecule has 0 bridgehead atoms. The minimum atomic E-state index is -4.75. The van der Waals surface area contributed by atoms with E-state index in [1.165, 1.54) is 29.5 Å². The van der Waals surface area contributed by atoms with Crippen LogP contribution in [0, 0.1) is 5.92 Å². The monoisotopic (exact) mass is 479 g/mol. The molecule has 1 aromatic carbocycles. The quantitative estimate of drug-likeness (QED) is 0.611. The van der Waals surface area contributed by atoms with Crippen molar-refractivity contribution in [2.24, 2.45) is 5.92 Å². The van der Waals surface area contributed by atoms with Crippen molar-refractivity contribution in [1.29, 1.82) is 0 Å². The summed E-state index contributed by atoms with van der Waals surface area (Å²) in [6.07, 6.45) is -0.899. The molecule has 172 valence electrons. The molecule has 1 aromatic heterocycles. The highest BCUT2D eigenvalue weighted by atomic mass is 35.5. The predicted octanol–water partition coefficient (Wildman–Crippen LogP) is 4.47. The van der Waals surface area contributed by atoms with E-state index < -0.39 is 6.36 Å². The van der Waals surface area contributed by atoms with Gasteiger partial charge in [-0.3, -0.25) is 14.6 Å². The second-order valence-electron chi connectivity index (χ2n) is 7.60. The molecule has 31 heavy (non-hydrogen) atoms. The molecule has 2 aromatic rings. The number of amides is 1. The van der Waals surface area contributed by atoms with E-state index in [1.807, 2.05) is 0 Å². The van der Waals surface area contributed by atoms with Crippen LogP contribution in [0.1, 0.15) is 25.7 Å². The largest absolute Gasteiger partial charge is 0.573 e. The van der Waals surface area contributed by atoms with Crippen molar-refractivity contribution < 1.29 is 27.4 Å². The van der Waals surface area contributed by atoms with Gasteiger partial charge in [0, 0.05) is 38.2 Å². The number of carbonyl (C=O) groups excluding carboxylic acids is 1. The zero-order chi connectivity index (χ0) is 21.1. The summed E-state index contributed by atoms with van der Waals surface area (Å²) in [5.74, 6) is -0.232. The minimum absolute atomic E-state index is 0. The second-order valence-corrected chi connectivity index (χ2v) is 8.61. The van der Waals surface area contributed by atoms with Crippen molar-refractivity contribution in [3.05, 3.63) is 18.2 Å². The maximum absolute atomic E-state index is 13.2. The van der Waals surface area contributed by atoms with Crippen LogP contribution < -0.4 is 9.64 Å². The molecule has 1 saturated carbocycles. The van der Waals surface area contributed by atoms with Crippen LogP contribution in [0.2, 0.25) is 0 Å². The summed E-state index contributed by atoms with van der Waals surface area (Å²) in [7, 11) is 0. The Morgan fingerprint density at radius 1 is 1.26 bits per heavy atom. The van der Waals surface area contributed by atoms with Crippen LogP contribution >= 0.6 is 23.7 Å². The number of rotatable bonds is 6. The van der Waals surface area contributed by atoms with Crippen LogP contribution in [0.5, 0.6) is 5.75 Å². The summed E-state index contributed by atoms with van der Waals surface area (Å²) in [4.78, 5) is 21.8. The number of ether oxygens (including phenoxy) is 2. The highest BCUT2D eigenvalue weighted by Gasteiger charge is 2.32. The van der Waals surface area contributed by atoms with E-state index in [9.17, 15) is 18.0 Å². The second kappa shape index (κ2) is 10.3. The average molecular weight is 480 g/mol. The Labute approximate surface area is 188 Å². The van der Waals surface area contributed by atoms with Gasteiger partial charge in [0.2, 0.25) is 5.91 Å². The molecule has 0 atom stereocenters. The van der Waals surface area contributed by atoms with E-state index >= 15 is 0 Å². The van der Waals surface area contributed by atoms with Crippen molar-refractivity contribution in [2.45, 2.75) is 32.0 Å². The van der Waals surface area contributed by atoms with Crippen molar-refractivity contribution in [1.82, 2.24) is 9.88 Å². The molecule has 2 heterocycles. The molecule has 1 saturated heterocycles. The summed E-state index contributed by atoms with van der Waals surface area (Å²) in [5, 5.41) is 0.527. The Kier molecular flexibility index (Phi) is 8.01. The van der Waals surface area contributed by atoms with Crippen LogP contribution in [0.25, 0.3) is 10.2 Å². The summed E-state index contributed by atoms with van der Waals surface area (Å²) >= 11 is 1.22. The normalized spacial score (nSPS) is 18.2. The smallest absolute Gasteiger partial charge is 0.406 e. The third-order valence-electron chi connectivity index (χ3n) is 5.53. The van der Waals surface area contributed by atoms with Gasteiger partial charge in [0.1, 0.15) is 5.75 Å². The molecule has 1 aliphatic carbocycles. The van der Waals surface area contributed by atoms with E-state index in [0.29, 0.717) is 41.7 Å². The number of nitrogens with zero attached hydrogens (tertiary/aromatic N) is 3. The topological polar surface area (TPSA) is 54.9 Å². The number of aromatic nitrogens is 1. The standard InChI is InChI=1S/C20H24F3N3O3S.ClH/c21-20(22,23)29-15-5-6-16-17(13-15)30-19(24-16)26(18(27)14-3-1-2-4-14)8-7-25-9-11-28-12-10-25;/h5-6,13-14H,1-4,7-12H2;1H. The molecule has 2 aliphatic rings. The van der Waals surface area contributed by atoms with Gasteiger partial charge in [-0.2, -0.15) is 0 Å². The van der Waals surface area contributed by atoms with Crippen molar-refractivity contribution >= 4 is 45.0 Å². The van der Waals surface area contributed by atoms with Gasteiger partial charge in [-0.1, -0.05) is 24.2 Å². The van der Waals surface area contributed by atoms with Gasteiger partial charge in [-0.25, -0.2) is 4.98 Å². The summed E-state index contributed by atoms with van der Waals surface area (Å²) < 4.78 is 47.5. The Balaban J connectivity index is 0.00000272. The van der Waals surface area contributed by atoms with E-state index in [4.69, 9.17) is 4.74 Å². The summed E-state index contributed by atoms with van der Waals surface area (Å²) in [6, 6.07) is 4.07. The summed E-state index contributed by atoms with van der Waals surface area (Å²) in [5.41, 5.74) is 0.556. The van der Waals surface area contributed by atoms with Crippen molar-refractivity contribution in [2.75, 3.05) is 44.3 Å². The van der Waals surface area contributed by atoms with E-state index in [1.54, 1.807) is 4.90 Å². The Morgan fingerprint density at radius 2 is 1.97 bits per heavy atom. The number of hydrogen-bond donors (Lipinski definition) is 0. The van der Waals surface area contributed by atoms with Crippen LogP contribution in [-0.4, -0.2) is 61.5 Å². The molecular weight excluding hydrogens is 455 g/mol. The zero-order valence-corrected chi connectivity index (χ0v) is 18.5. The van der Waals surface area contributed by atoms with E-state index in [2.05, 4.69) is 14.6 Å². The first-order chi connectivity index (χ1) is 14.4. The number of alkyl halides is 3. The Bertz CT molecular complexity index is 883. The van der Waals surface area contributed by atoms with Crippen LogP contribution in [0.4, 0.5) is 18.3 Å². The van der Waals surface area contributed by atoms with Crippen molar-refractivity contribution in [3.8, 4) is 5.75 Å². The molecule has 6 nitrogen and oxygen atoms in total. The van der Waals surface area contributed by atoms with Gasteiger partial charge in [0.15, 0.2) is 5.13 Å². The lowest BCUT2D eigenvalue weighted by atomic mass is 10.1. The van der Waals surface area contributed by atoms with Crippen molar-refractivity contribution in [3.63, 3.8) is 0 Å². The fraction of sp³-hybridized carbons (Fsp3) is 0.600. The Morgan fingerprint density at radius 3 is 2.65 bits per heavy atom. The first kappa shape index (κ1) is 24.0. The minimum Gasteiger partial charge on any atom is -0.406 e. The van der Waals surface area contributed by atoms with E-state index in [0.717, 1.165) is 38.8 Å². The molecule has 2 fully saturated rings. The number of halogens is 4. The lowest BCUT2D eigenvalue weighted by Gasteiger charge is -2.30. The third-order valence-corrected chi connectivity index (χ3v) is 6.57. The van der Waals surface area contributed by atoms with Crippen LogP contribution in [0.15, 0.2) is 18.2 Å². The number of anilines is 1. The molecular formula is C20H25ClF3N3O3S. The number of benzene rings is 1. The molecule has 1 aliphatic heterocycles. The molecule has 0 spiro atoms. The molecule has 11 heteroatoms. The van der Waals surface area contributed by atoms with Crippen LogP contribution in [-0.2, 0) is 9.53 Å². The number of morpholine rings is 1. The first-order valence-electron chi connectivity index (χ1n) is 10.2. The fourth-order valence-corrected chi connectivity index (χ4v) is 4.99. The van der Waals surface area contributed by atoms with Gasteiger partial charge in [-0.05, 0) is 25.0 Å². The number of fused-ring (bicyclic) bond motifs is 1. The first-order valence-corrected chi connectivity index (χ1v) is 11.0. The van der Waals surface area contributed by atoms with E-state index in [-0.39, 0.29) is 30.0 Å². The molecule has 0 unspecified atom stereocenters. The number of thiazole rings is 1.